The lowest BCUT2D eigenvalue weighted by molar-refractivity contribution is -0.274. The van der Waals surface area contributed by atoms with E-state index >= 15 is 0 Å². The van der Waals surface area contributed by atoms with Gasteiger partial charge in [0.05, 0.1) is 18.8 Å². The minimum absolute atomic E-state index is 0.00430. The predicted octanol–water partition coefficient (Wildman–Crippen LogP) is 1.48. The standard InChI is InChI=1S/C21H23F3N8O3/c1-2-3-13-4-5-16(35-21(22,23)24)9-17(13)19-28-29-20(34-19)18(33)27-14-8-15(31(10-14)12-25)11-32-7-6-26-30-32/h4-7,9,14-15,20,29H,2-3,8,10-11H2,1H3,(H,27,33)/t14-,15+,20?/m1/s1. The molecule has 4 rings (SSSR count). The number of hydrogen-bond acceptors (Lipinski definition) is 9. The van der Waals surface area contributed by atoms with Crippen LogP contribution in [0.25, 0.3) is 0 Å². The molecule has 11 nitrogen and oxygen atoms in total. The molecular formula is C21H23F3N8O3. The summed E-state index contributed by atoms with van der Waals surface area (Å²) in [5.74, 6) is -0.921. The van der Waals surface area contributed by atoms with Gasteiger partial charge in [0.1, 0.15) is 5.75 Å². The molecule has 1 aromatic heterocycles. The van der Waals surface area contributed by atoms with Crippen molar-refractivity contribution >= 4 is 11.8 Å². The molecule has 0 bridgehead atoms. The third kappa shape index (κ3) is 5.92. The van der Waals surface area contributed by atoms with Crippen molar-refractivity contribution in [1.29, 1.82) is 5.26 Å². The van der Waals surface area contributed by atoms with E-state index in [0.717, 1.165) is 6.42 Å². The van der Waals surface area contributed by atoms with Crippen LogP contribution in [0.4, 0.5) is 13.2 Å². The number of hydrazone groups is 1. The molecule has 0 radical (unpaired) electrons. The third-order valence-electron chi connectivity index (χ3n) is 5.57. The van der Waals surface area contributed by atoms with Gasteiger partial charge in [-0.2, -0.15) is 5.26 Å². The van der Waals surface area contributed by atoms with Gasteiger partial charge in [0.15, 0.2) is 6.19 Å². The first-order chi connectivity index (χ1) is 16.8. The van der Waals surface area contributed by atoms with E-state index in [-0.39, 0.29) is 18.0 Å². The molecule has 35 heavy (non-hydrogen) atoms. The quantitative estimate of drug-likeness (QED) is 0.530. The average Bonchev–Trinajstić information content (AvgIpc) is 3.55. The predicted molar refractivity (Wildman–Crippen MR) is 114 cm³/mol. The lowest BCUT2D eigenvalue weighted by atomic mass is 10.0. The fourth-order valence-electron chi connectivity index (χ4n) is 4.10. The van der Waals surface area contributed by atoms with Crippen molar-refractivity contribution in [3.63, 3.8) is 0 Å². The zero-order valence-electron chi connectivity index (χ0n) is 18.7. The summed E-state index contributed by atoms with van der Waals surface area (Å²) in [4.78, 5) is 14.4. The van der Waals surface area contributed by atoms with Gasteiger partial charge >= 0.3 is 6.36 Å². The number of rotatable bonds is 8. The van der Waals surface area contributed by atoms with Crippen LogP contribution in [0.2, 0.25) is 0 Å². The zero-order chi connectivity index (χ0) is 25.0. The Morgan fingerprint density at radius 3 is 2.94 bits per heavy atom. The van der Waals surface area contributed by atoms with Crippen molar-refractivity contribution in [2.24, 2.45) is 5.10 Å². The highest BCUT2D eigenvalue weighted by atomic mass is 19.4. The van der Waals surface area contributed by atoms with E-state index in [0.29, 0.717) is 37.1 Å². The summed E-state index contributed by atoms with van der Waals surface area (Å²) in [5, 5.41) is 24.0. The molecule has 1 amide bonds. The number of amides is 1. The van der Waals surface area contributed by atoms with Crippen LogP contribution in [0, 0.1) is 11.5 Å². The number of benzene rings is 1. The number of nitrogens with one attached hydrogen (secondary N) is 2. The van der Waals surface area contributed by atoms with Gasteiger partial charge in [-0.05, 0) is 30.5 Å². The summed E-state index contributed by atoms with van der Waals surface area (Å²) in [6.45, 7) is 2.69. The van der Waals surface area contributed by atoms with Crippen LogP contribution >= 0.6 is 0 Å². The Bertz CT molecular complexity index is 1120. The van der Waals surface area contributed by atoms with E-state index in [4.69, 9.17) is 4.74 Å². The number of alkyl halides is 3. The van der Waals surface area contributed by atoms with Crippen LogP contribution in [-0.4, -0.2) is 62.9 Å². The number of halogens is 3. The average molecular weight is 492 g/mol. The fraction of sp³-hybridized carbons (Fsp3) is 0.476. The number of aryl methyl sites for hydroxylation is 1. The van der Waals surface area contributed by atoms with Gasteiger partial charge in [-0.15, -0.1) is 23.4 Å². The second-order valence-electron chi connectivity index (χ2n) is 8.13. The highest BCUT2D eigenvalue weighted by molar-refractivity contribution is 5.99. The third-order valence-corrected chi connectivity index (χ3v) is 5.57. The number of ether oxygens (including phenoxy) is 2. The minimum atomic E-state index is -4.84. The highest BCUT2D eigenvalue weighted by Crippen LogP contribution is 2.27. The van der Waals surface area contributed by atoms with Crippen LogP contribution in [0.5, 0.6) is 5.75 Å². The Morgan fingerprint density at radius 2 is 2.26 bits per heavy atom. The van der Waals surface area contributed by atoms with Gasteiger partial charge in [0.25, 0.3) is 12.1 Å². The van der Waals surface area contributed by atoms with Crippen LogP contribution in [-0.2, 0) is 22.5 Å². The van der Waals surface area contributed by atoms with Gasteiger partial charge < -0.3 is 19.7 Å². The van der Waals surface area contributed by atoms with Crippen molar-refractivity contribution in [2.75, 3.05) is 6.54 Å². The van der Waals surface area contributed by atoms with E-state index in [2.05, 4.69) is 37.1 Å². The molecule has 14 heteroatoms. The Balaban J connectivity index is 1.39. The molecule has 3 atom stereocenters. The van der Waals surface area contributed by atoms with E-state index in [1.54, 1.807) is 22.0 Å². The Kier molecular flexibility index (Phi) is 6.94. The molecular weight excluding hydrogens is 469 g/mol. The second kappa shape index (κ2) is 10.1. The maximum atomic E-state index is 12.8. The van der Waals surface area contributed by atoms with Crippen LogP contribution < -0.4 is 15.5 Å². The molecule has 1 fully saturated rings. The minimum Gasteiger partial charge on any atom is -0.441 e. The molecule has 0 saturated carbocycles. The molecule has 3 heterocycles. The maximum absolute atomic E-state index is 12.8. The summed E-state index contributed by atoms with van der Waals surface area (Å²) in [5.41, 5.74) is 3.59. The number of carbonyl (C=O) groups is 1. The van der Waals surface area contributed by atoms with E-state index in [1.165, 1.54) is 18.2 Å². The van der Waals surface area contributed by atoms with E-state index in [1.807, 2.05) is 6.92 Å². The van der Waals surface area contributed by atoms with Crippen LogP contribution in [0.15, 0.2) is 35.7 Å². The zero-order valence-corrected chi connectivity index (χ0v) is 18.7. The molecule has 1 aromatic carbocycles. The molecule has 2 aliphatic rings. The van der Waals surface area contributed by atoms with Gasteiger partial charge in [-0.25, -0.2) is 0 Å². The first-order valence-corrected chi connectivity index (χ1v) is 11.0. The molecule has 0 spiro atoms. The molecule has 2 aliphatic heterocycles. The molecule has 0 aliphatic carbocycles. The van der Waals surface area contributed by atoms with Crippen LogP contribution in [0.3, 0.4) is 0 Å². The number of aromatic nitrogens is 3. The molecule has 2 N–H and O–H groups in total. The summed E-state index contributed by atoms with van der Waals surface area (Å²) in [7, 11) is 0. The van der Waals surface area contributed by atoms with Crippen molar-refractivity contribution < 1.29 is 27.4 Å². The first kappa shape index (κ1) is 24.1. The maximum Gasteiger partial charge on any atom is 0.573 e. The summed E-state index contributed by atoms with van der Waals surface area (Å²) < 4.78 is 49.3. The monoisotopic (exact) mass is 492 g/mol. The number of likely N-dealkylation sites (tertiary alicyclic amines) is 1. The number of nitriles is 1. The van der Waals surface area contributed by atoms with Gasteiger partial charge in [-0.1, -0.05) is 24.6 Å². The number of hydrogen-bond donors (Lipinski definition) is 2. The largest absolute Gasteiger partial charge is 0.573 e. The fourth-order valence-corrected chi connectivity index (χ4v) is 4.10. The van der Waals surface area contributed by atoms with Crippen molar-refractivity contribution in [3.8, 4) is 11.9 Å². The van der Waals surface area contributed by atoms with Gasteiger partial charge in [0.2, 0.25) is 5.90 Å². The highest BCUT2D eigenvalue weighted by Gasteiger charge is 2.36. The smallest absolute Gasteiger partial charge is 0.441 e. The number of carbonyl (C=O) groups excluding carboxylic acids is 1. The van der Waals surface area contributed by atoms with E-state index < -0.39 is 24.2 Å². The lowest BCUT2D eigenvalue weighted by Crippen LogP contribution is -2.46. The molecule has 1 unspecified atom stereocenters. The first-order valence-electron chi connectivity index (χ1n) is 11.0. The van der Waals surface area contributed by atoms with E-state index in [9.17, 15) is 23.2 Å². The lowest BCUT2D eigenvalue weighted by Gasteiger charge is -2.17. The second-order valence-corrected chi connectivity index (χ2v) is 8.13. The Hall–Kier alpha value is -4.02. The molecule has 186 valence electrons. The van der Waals surface area contributed by atoms with Crippen molar-refractivity contribution in [1.82, 2.24) is 30.6 Å². The number of nitrogens with zero attached hydrogens (tertiary/aromatic N) is 6. The summed E-state index contributed by atoms with van der Waals surface area (Å²) in [6, 6.07) is 3.46. The summed E-state index contributed by atoms with van der Waals surface area (Å²) >= 11 is 0. The summed E-state index contributed by atoms with van der Waals surface area (Å²) in [6.07, 6.45) is 1.17. The SMILES string of the molecule is CCCc1ccc(OC(F)(F)F)cc1C1=NNC(C(=O)N[C@@H]2C[C@@H](Cn3ccnn3)N(C#N)C2)O1. The van der Waals surface area contributed by atoms with Gasteiger partial charge in [0, 0.05) is 24.3 Å². The Labute approximate surface area is 198 Å². The topological polar surface area (TPSA) is 130 Å². The molecule has 1 saturated heterocycles. The van der Waals surface area contributed by atoms with Crippen LogP contribution in [0.1, 0.15) is 30.9 Å². The Morgan fingerprint density at radius 1 is 1.43 bits per heavy atom. The van der Waals surface area contributed by atoms with Crippen molar-refractivity contribution in [3.05, 3.63) is 41.7 Å². The normalized spacial score (nSPS) is 21.6. The van der Waals surface area contributed by atoms with Crippen molar-refractivity contribution in [2.45, 2.75) is 57.4 Å². The molecule has 2 aromatic rings. The van der Waals surface area contributed by atoms with Gasteiger partial charge in [-0.3, -0.25) is 14.9 Å².